The number of fused-ring (bicyclic) bond motifs is 1. The van der Waals surface area contributed by atoms with Gasteiger partial charge in [-0.25, -0.2) is 9.48 Å². The number of aliphatic hydroxyl groups is 1. The van der Waals surface area contributed by atoms with E-state index in [0.717, 1.165) is 5.56 Å². The van der Waals surface area contributed by atoms with Crippen LogP contribution >= 0.6 is 0 Å². The van der Waals surface area contributed by atoms with Crippen LogP contribution in [0.5, 0.6) is 0 Å². The number of nitrogens with two attached hydrogens (primary N) is 1. The van der Waals surface area contributed by atoms with Crippen LogP contribution in [0.1, 0.15) is 74.7 Å². The highest BCUT2D eigenvalue weighted by Gasteiger charge is 2.60. The molecular formula is C43H64N6O10. The minimum atomic E-state index is -1.45. The van der Waals surface area contributed by atoms with Crippen LogP contribution in [0.15, 0.2) is 42.6 Å². The van der Waals surface area contributed by atoms with Crippen LogP contribution in [0.25, 0.3) is 11.3 Å². The number of nitrogens with zero attached hydrogens (tertiary/aromatic N) is 5. The van der Waals surface area contributed by atoms with Crippen LogP contribution in [-0.2, 0) is 44.6 Å². The lowest BCUT2D eigenvalue weighted by molar-refractivity contribution is -0.295. The van der Waals surface area contributed by atoms with Crippen LogP contribution in [0.2, 0.25) is 0 Å². The number of methoxy groups -OCH3 is 1. The number of benzene rings is 1. The van der Waals surface area contributed by atoms with E-state index in [-0.39, 0.29) is 37.3 Å². The highest BCUT2D eigenvalue weighted by molar-refractivity contribution is 6.00. The van der Waals surface area contributed by atoms with Crippen molar-refractivity contribution in [1.29, 1.82) is 0 Å². The van der Waals surface area contributed by atoms with Crippen molar-refractivity contribution in [2.75, 3.05) is 33.5 Å². The molecule has 1 aromatic heterocycles. The molecule has 0 saturated carbocycles. The van der Waals surface area contributed by atoms with Crippen molar-refractivity contribution in [3.05, 3.63) is 42.6 Å². The lowest BCUT2D eigenvalue weighted by Gasteiger charge is -2.47. The zero-order valence-corrected chi connectivity index (χ0v) is 36.4. The quantitative estimate of drug-likeness (QED) is 0.149. The van der Waals surface area contributed by atoms with Crippen molar-refractivity contribution in [1.82, 2.24) is 24.8 Å². The third kappa shape index (κ3) is 9.57. The van der Waals surface area contributed by atoms with Crippen LogP contribution in [0.3, 0.4) is 0 Å². The number of ketones is 2. The second-order valence-corrected chi connectivity index (χ2v) is 17.3. The van der Waals surface area contributed by atoms with Gasteiger partial charge in [0.25, 0.3) is 0 Å². The summed E-state index contributed by atoms with van der Waals surface area (Å²) in [6.45, 7) is 14.2. The van der Waals surface area contributed by atoms with Gasteiger partial charge in [-0.05, 0) is 73.2 Å². The summed E-state index contributed by atoms with van der Waals surface area (Å²) in [7, 11) is 5.21. The maximum atomic E-state index is 14.7. The number of esters is 1. The van der Waals surface area contributed by atoms with E-state index in [1.165, 1.54) is 18.9 Å². The Labute approximate surface area is 347 Å². The largest absolute Gasteiger partial charge is 0.458 e. The lowest BCUT2D eigenvalue weighted by atomic mass is 9.73. The van der Waals surface area contributed by atoms with Crippen molar-refractivity contribution in [2.24, 2.45) is 23.7 Å². The first-order chi connectivity index (χ1) is 27.8. The highest BCUT2D eigenvalue weighted by atomic mass is 16.7. The number of hydrogen-bond acceptors (Lipinski definition) is 14. The maximum absolute atomic E-state index is 14.7. The molecule has 1 amide bonds. The van der Waals surface area contributed by atoms with Gasteiger partial charge in [0.05, 0.1) is 36.6 Å². The zero-order chi connectivity index (χ0) is 43.6. The summed E-state index contributed by atoms with van der Waals surface area (Å²) >= 11 is 0. The van der Waals surface area contributed by atoms with Crippen LogP contribution in [-0.4, -0.2) is 135 Å². The normalized spacial score (nSPS) is 36.4. The molecule has 3 aliphatic heterocycles. The summed E-state index contributed by atoms with van der Waals surface area (Å²) in [5.41, 5.74) is 5.30. The zero-order valence-electron chi connectivity index (χ0n) is 36.4. The van der Waals surface area contributed by atoms with E-state index in [1.807, 2.05) is 50.2 Å². The Kier molecular flexibility index (Phi) is 14.4. The van der Waals surface area contributed by atoms with Gasteiger partial charge in [-0.15, -0.1) is 5.10 Å². The molecule has 4 heterocycles. The van der Waals surface area contributed by atoms with Crippen molar-refractivity contribution >= 4 is 29.3 Å². The van der Waals surface area contributed by atoms with Crippen LogP contribution < -0.4 is 5.73 Å². The number of carbonyl (C=O) groups is 4. The van der Waals surface area contributed by atoms with E-state index >= 15 is 0 Å². The summed E-state index contributed by atoms with van der Waals surface area (Å²) in [5, 5.41) is 19.9. The molecule has 3 unspecified atom stereocenters. The van der Waals surface area contributed by atoms with Gasteiger partial charge in [-0.1, -0.05) is 57.2 Å². The summed E-state index contributed by atoms with van der Waals surface area (Å²) in [6, 6.07) is 6.20. The molecule has 16 nitrogen and oxygen atoms in total. The minimum absolute atomic E-state index is 0.0838. The van der Waals surface area contributed by atoms with E-state index in [1.54, 1.807) is 64.6 Å². The topological polar surface area (TPSA) is 198 Å². The third-order valence-corrected chi connectivity index (χ3v) is 12.6. The van der Waals surface area contributed by atoms with Gasteiger partial charge in [0.2, 0.25) is 0 Å². The van der Waals surface area contributed by atoms with Crippen LogP contribution in [0.4, 0.5) is 10.5 Å². The number of carbonyl (C=O) groups excluding carboxylic acids is 4. The number of likely N-dealkylation sites (N-methyl/N-ethyl adjacent to an activating group) is 1. The molecule has 2 aromatic rings. The average molecular weight is 825 g/mol. The number of amides is 1. The Morgan fingerprint density at radius 2 is 1.73 bits per heavy atom. The molecule has 13 atom stereocenters. The fraction of sp³-hybridized carbons (Fsp3) is 0.674. The van der Waals surface area contributed by atoms with Gasteiger partial charge >= 0.3 is 12.1 Å². The first kappa shape index (κ1) is 45.9. The monoisotopic (exact) mass is 824 g/mol. The summed E-state index contributed by atoms with van der Waals surface area (Å²) < 4.78 is 32.8. The molecule has 3 aliphatic rings. The highest BCUT2D eigenvalue weighted by Crippen LogP contribution is 2.43. The summed E-state index contributed by atoms with van der Waals surface area (Å²) in [6.07, 6.45) is 1.14. The van der Waals surface area contributed by atoms with Gasteiger partial charge in [0.15, 0.2) is 17.7 Å². The number of cyclic esters (lactones) is 1. The number of nitrogen functional groups attached to an aromatic ring is 1. The Bertz CT molecular complexity index is 1850. The standard InChI is InChI=1S/C43H64N6O10/c1-12-33-43(8)37(49(41(54)59-43)19-14-13-18-48-23-31(45-46-48)29-16-15-17-30(44)21-29)26(4)34(50)24(2)22-42(7,55-11)38(27(5)35(51)28(6)39(53)57-33)58-40-36(52)32(47(9)10)20-25(3)56-40/h13-17,21,23-28,32-33,36-38,40,52H,12,18-20,22,44H2,1-11H3/b14-13-/t24-,25?,26+,27+,28-,32?,33-,36?,37-,38-,40+,42-,43-/m1/s1. The molecular weight excluding hydrogens is 761 g/mol. The predicted molar refractivity (Wildman–Crippen MR) is 219 cm³/mol. The number of Topliss-reactive ketones (excluding diaryl/α,β-unsaturated/α-hetero) is 2. The van der Waals surface area contributed by atoms with Gasteiger partial charge in [-0.2, -0.15) is 0 Å². The number of anilines is 1. The molecule has 0 bridgehead atoms. The van der Waals surface area contributed by atoms with Crippen molar-refractivity contribution in [2.45, 2.75) is 135 Å². The Hall–Kier alpha value is -4.22. The average Bonchev–Trinajstić information content (AvgIpc) is 3.77. The smallest absolute Gasteiger partial charge is 0.411 e. The van der Waals surface area contributed by atoms with Gasteiger partial charge < -0.3 is 39.4 Å². The van der Waals surface area contributed by atoms with E-state index in [2.05, 4.69) is 10.3 Å². The van der Waals surface area contributed by atoms with Crippen molar-refractivity contribution in [3.8, 4) is 11.3 Å². The molecule has 3 fully saturated rings. The summed E-state index contributed by atoms with van der Waals surface area (Å²) in [5.74, 6) is -5.15. The number of allylic oxidation sites excluding steroid dienone is 1. The fourth-order valence-corrected chi connectivity index (χ4v) is 9.26. The van der Waals surface area contributed by atoms with Gasteiger partial charge in [0.1, 0.15) is 29.6 Å². The molecule has 0 spiro atoms. The van der Waals surface area contributed by atoms with E-state index in [4.69, 9.17) is 29.4 Å². The molecule has 1 aromatic carbocycles. The van der Waals surface area contributed by atoms with Gasteiger partial charge in [0, 0.05) is 48.7 Å². The molecule has 326 valence electrons. The second kappa shape index (κ2) is 18.6. The van der Waals surface area contributed by atoms with E-state index in [9.17, 15) is 24.3 Å². The SMILES string of the molecule is CC[C@H]1OC(=O)[C@H](C)C(=O)[C@H](C)[C@@H](O[C@@H]2OC(C)CC(N(C)C)C2O)[C@](C)(OC)C[C@@H](C)C(=O)[C@H](C)[C@H]2N(C/C=C\Cn3cc(-c4cccc(N)c4)nn3)C(=O)O[C@]12C. The third-order valence-electron chi connectivity index (χ3n) is 12.6. The Morgan fingerprint density at radius 1 is 1.03 bits per heavy atom. The minimum Gasteiger partial charge on any atom is -0.458 e. The molecule has 0 radical (unpaired) electrons. The van der Waals surface area contributed by atoms with Crippen LogP contribution in [0, 0.1) is 23.7 Å². The number of aliphatic hydroxyl groups excluding tert-OH is 1. The number of hydrogen-bond donors (Lipinski definition) is 2. The number of aromatic nitrogens is 3. The fourth-order valence-electron chi connectivity index (χ4n) is 9.26. The summed E-state index contributed by atoms with van der Waals surface area (Å²) in [4.78, 5) is 60.2. The van der Waals surface area contributed by atoms with Crippen molar-refractivity contribution in [3.63, 3.8) is 0 Å². The Balaban J connectivity index is 1.46. The molecule has 0 aliphatic carbocycles. The molecule has 3 N–H and O–H groups in total. The van der Waals surface area contributed by atoms with Crippen molar-refractivity contribution < 1.29 is 48.0 Å². The van der Waals surface area contributed by atoms with Gasteiger partial charge in [-0.3, -0.25) is 19.3 Å². The molecule has 59 heavy (non-hydrogen) atoms. The first-order valence-electron chi connectivity index (χ1n) is 20.6. The molecule has 5 rings (SSSR count). The number of rotatable bonds is 10. The number of ether oxygens (including phenoxy) is 5. The first-order valence-corrected chi connectivity index (χ1v) is 20.6. The molecule has 16 heteroatoms. The molecule has 3 saturated heterocycles. The second-order valence-electron chi connectivity index (χ2n) is 17.3. The lowest BCUT2D eigenvalue weighted by Crippen LogP contribution is -2.60. The van der Waals surface area contributed by atoms with E-state index < -0.39 is 83.4 Å². The predicted octanol–water partition coefficient (Wildman–Crippen LogP) is 4.29. The maximum Gasteiger partial charge on any atom is 0.411 e. The Morgan fingerprint density at radius 3 is 2.37 bits per heavy atom. The van der Waals surface area contributed by atoms with E-state index in [0.29, 0.717) is 24.3 Å².